The monoisotopic (exact) mass is 217 g/mol. The number of piperidine rings is 1. The number of nitrogens with zero attached hydrogens (tertiary/aromatic N) is 2. The van der Waals surface area contributed by atoms with Crippen molar-refractivity contribution in [3.05, 3.63) is 30.6 Å². The summed E-state index contributed by atoms with van der Waals surface area (Å²) in [7, 11) is 0. The van der Waals surface area contributed by atoms with Gasteiger partial charge < -0.3 is 14.5 Å². The Kier molecular flexibility index (Phi) is 2.50. The van der Waals surface area contributed by atoms with Gasteiger partial charge in [0.05, 0.1) is 6.20 Å². The second kappa shape index (κ2) is 4.14. The van der Waals surface area contributed by atoms with Crippen LogP contribution in [0.3, 0.4) is 0 Å². The molecule has 0 aliphatic carbocycles. The van der Waals surface area contributed by atoms with Crippen LogP contribution in [0.2, 0.25) is 0 Å². The van der Waals surface area contributed by atoms with Crippen LogP contribution in [0.15, 0.2) is 30.6 Å². The van der Waals surface area contributed by atoms with Gasteiger partial charge in [0.15, 0.2) is 0 Å². The molecule has 0 spiro atoms. The molecule has 0 unspecified atom stereocenters. The topological polar surface area (TPSA) is 38.6 Å². The number of aromatic nitrogens is 2. The lowest BCUT2D eigenvalue weighted by molar-refractivity contribution is 0.157. The quantitative estimate of drug-likeness (QED) is 0.827. The fourth-order valence-corrected chi connectivity index (χ4v) is 2.05. The van der Waals surface area contributed by atoms with Crippen LogP contribution in [0.4, 0.5) is 0 Å². The van der Waals surface area contributed by atoms with Crippen molar-refractivity contribution in [3.8, 4) is 5.88 Å². The normalized spacial score (nSPS) is 17.8. The van der Waals surface area contributed by atoms with Gasteiger partial charge in [-0.25, -0.2) is 0 Å². The predicted molar refractivity (Wildman–Crippen MR) is 61.7 cm³/mol. The summed E-state index contributed by atoms with van der Waals surface area (Å²) in [5.74, 6) is 0.734. The first-order chi connectivity index (χ1) is 7.92. The molecular formula is C12H15N3O. The summed E-state index contributed by atoms with van der Waals surface area (Å²) in [5, 5.41) is 3.32. The second-order valence-electron chi connectivity index (χ2n) is 4.11. The minimum Gasteiger partial charge on any atom is -0.473 e. The molecular weight excluding hydrogens is 202 g/mol. The molecule has 3 heterocycles. The van der Waals surface area contributed by atoms with E-state index in [1.165, 1.54) is 0 Å². The molecule has 1 aliphatic rings. The number of hydrogen-bond acceptors (Lipinski definition) is 3. The molecule has 16 heavy (non-hydrogen) atoms. The zero-order valence-corrected chi connectivity index (χ0v) is 9.10. The summed E-state index contributed by atoms with van der Waals surface area (Å²) >= 11 is 0. The molecule has 1 aliphatic heterocycles. The molecule has 3 rings (SSSR count). The highest BCUT2D eigenvalue weighted by atomic mass is 16.5. The Bertz CT molecular complexity index is 441. The fourth-order valence-electron chi connectivity index (χ4n) is 2.05. The lowest BCUT2D eigenvalue weighted by Gasteiger charge is -2.22. The standard InChI is InChI=1S/C12H15N3O/c1-2-8-15-9-12(14-11(15)3-1)16-10-4-6-13-7-5-10/h1-3,8-10,13H,4-7H2. The van der Waals surface area contributed by atoms with Crippen LogP contribution >= 0.6 is 0 Å². The van der Waals surface area contributed by atoms with Gasteiger partial charge in [0.2, 0.25) is 5.88 Å². The van der Waals surface area contributed by atoms with Gasteiger partial charge in [-0.05, 0) is 38.1 Å². The summed E-state index contributed by atoms with van der Waals surface area (Å²) in [6.07, 6.45) is 6.36. The van der Waals surface area contributed by atoms with Gasteiger partial charge in [0.1, 0.15) is 11.8 Å². The molecule has 2 aromatic rings. The van der Waals surface area contributed by atoms with E-state index in [1.807, 2.05) is 35.0 Å². The van der Waals surface area contributed by atoms with Crippen LogP contribution in [0.5, 0.6) is 5.88 Å². The van der Waals surface area contributed by atoms with Gasteiger partial charge in [-0.15, -0.1) is 0 Å². The molecule has 2 aromatic heterocycles. The lowest BCUT2D eigenvalue weighted by Crippen LogP contribution is -2.34. The van der Waals surface area contributed by atoms with Crippen molar-refractivity contribution in [3.63, 3.8) is 0 Å². The summed E-state index contributed by atoms with van der Waals surface area (Å²) < 4.78 is 7.85. The molecule has 84 valence electrons. The SMILES string of the molecule is c1ccn2cc(OC3CCNCC3)nc2c1. The van der Waals surface area contributed by atoms with E-state index in [0.717, 1.165) is 37.5 Å². The van der Waals surface area contributed by atoms with Gasteiger partial charge in [0.25, 0.3) is 0 Å². The number of imidazole rings is 1. The van der Waals surface area contributed by atoms with E-state index in [-0.39, 0.29) is 0 Å². The summed E-state index contributed by atoms with van der Waals surface area (Å²) in [6.45, 7) is 2.08. The molecule has 0 atom stereocenters. The van der Waals surface area contributed by atoms with Gasteiger partial charge >= 0.3 is 0 Å². The van der Waals surface area contributed by atoms with Crippen LogP contribution < -0.4 is 10.1 Å². The van der Waals surface area contributed by atoms with E-state index >= 15 is 0 Å². The van der Waals surface area contributed by atoms with Crippen molar-refractivity contribution in [1.29, 1.82) is 0 Å². The molecule has 0 radical (unpaired) electrons. The number of fused-ring (bicyclic) bond motifs is 1. The average molecular weight is 217 g/mol. The highest BCUT2D eigenvalue weighted by molar-refractivity contribution is 5.41. The van der Waals surface area contributed by atoms with Gasteiger partial charge in [-0.1, -0.05) is 6.07 Å². The Morgan fingerprint density at radius 3 is 3.00 bits per heavy atom. The number of hydrogen-bond donors (Lipinski definition) is 1. The zero-order valence-electron chi connectivity index (χ0n) is 9.10. The minimum absolute atomic E-state index is 0.311. The Balaban J connectivity index is 1.78. The molecule has 1 N–H and O–H groups in total. The Morgan fingerprint density at radius 1 is 1.31 bits per heavy atom. The molecule has 0 bridgehead atoms. The van der Waals surface area contributed by atoms with Crippen LogP contribution in [0, 0.1) is 0 Å². The van der Waals surface area contributed by atoms with Crippen molar-refractivity contribution in [2.45, 2.75) is 18.9 Å². The van der Waals surface area contributed by atoms with Crippen molar-refractivity contribution < 1.29 is 4.74 Å². The lowest BCUT2D eigenvalue weighted by atomic mass is 10.1. The van der Waals surface area contributed by atoms with Gasteiger partial charge in [0, 0.05) is 6.20 Å². The molecule has 1 fully saturated rings. The number of rotatable bonds is 2. The van der Waals surface area contributed by atoms with Crippen molar-refractivity contribution in [2.75, 3.05) is 13.1 Å². The van der Waals surface area contributed by atoms with Crippen LogP contribution in [0.25, 0.3) is 5.65 Å². The van der Waals surface area contributed by atoms with Crippen molar-refractivity contribution >= 4 is 5.65 Å². The minimum atomic E-state index is 0.311. The smallest absolute Gasteiger partial charge is 0.232 e. The summed E-state index contributed by atoms with van der Waals surface area (Å²) in [4.78, 5) is 4.43. The van der Waals surface area contributed by atoms with Crippen LogP contribution in [0.1, 0.15) is 12.8 Å². The maximum atomic E-state index is 5.87. The molecule has 0 aromatic carbocycles. The Labute approximate surface area is 94.3 Å². The molecule has 4 heteroatoms. The second-order valence-corrected chi connectivity index (χ2v) is 4.11. The van der Waals surface area contributed by atoms with Gasteiger partial charge in [-0.3, -0.25) is 0 Å². The summed E-state index contributed by atoms with van der Waals surface area (Å²) in [5.41, 5.74) is 0.937. The maximum Gasteiger partial charge on any atom is 0.232 e. The van der Waals surface area contributed by atoms with E-state index in [0.29, 0.717) is 6.10 Å². The molecule has 0 saturated carbocycles. The van der Waals surface area contributed by atoms with Crippen LogP contribution in [-0.4, -0.2) is 28.6 Å². The Morgan fingerprint density at radius 2 is 2.19 bits per heavy atom. The maximum absolute atomic E-state index is 5.87. The highest BCUT2D eigenvalue weighted by Crippen LogP contribution is 2.16. The highest BCUT2D eigenvalue weighted by Gasteiger charge is 2.15. The molecule has 4 nitrogen and oxygen atoms in total. The third-order valence-electron chi connectivity index (χ3n) is 2.92. The Hall–Kier alpha value is -1.55. The predicted octanol–water partition coefficient (Wildman–Crippen LogP) is 1.47. The van der Waals surface area contributed by atoms with E-state index in [9.17, 15) is 0 Å². The number of pyridine rings is 1. The molecule has 1 saturated heterocycles. The van der Waals surface area contributed by atoms with E-state index in [2.05, 4.69) is 10.3 Å². The first kappa shape index (κ1) is 9.66. The third-order valence-corrected chi connectivity index (χ3v) is 2.92. The van der Waals surface area contributed by atoms with Crippen LogP contribution in [-0.2, 0) is 0 Å². The first-order valence-electron chi connectivity index (χ1n) is 5.73. The largest absolute Gasteiger partial charge is 0.473 e. The van der Waals surface area contributed by atoms with E-state index < -0.39 is 0 Å². The van der Waals surface area contributed by atoms with E-state index in [1.54, 1.807) is 0 Å². The zero-order chi connectivity index (χ0) is 10.8. The third kappa shape index (κ3) is 1.88. The van der Waals surface area contributed by atoms with Crippen molar-refractivity contribution in [1.82, 2.24) is 14.7 Å². The fraction of sp³-hybridized carbons (Fsp3) is 0.417. The van der Waals surface area contributed by atoms with E-state index in [4.69, 9.17) is 4.74 Å². The average Bonchev–Trinajstić information content (AvgIpc) is 2.72. The van der Waals surface area contributed by atoms with Crippen molar-refractivity contribution in [2.24, 2.45) is 0 Å². The first-order valence-corrected chi connectivity index (χ1v) is 5.73. The van der Waals surface area contributed by atoms with Gasteiger partial charge in [-0.2, -0.15) is 4.98 Å². The summed E-state index contributed by atoms with van der Waals surface area (Å²) in [6, 6.07) is 5.95. The molecule has 0 amide bonds. The number of ether oxygens (including phenoxy) is 1. The number of nitrogens with one attached hydrogen (secondary N) is 1.